The van der Waals surface area contributed by atoms with Gasteiger partial charge in [-0.3, -0.25) is 10.1 Å². The standard InChI is InChI=1S/C23H22N8OS/c1-13-4-7-18(33-13)15-8-10-25-22-19(15)27-23(28-22)21-20-17(29-30-21)6-5-16(26-20)14(9-11-32)12-31(3)24-2/h4-8,10,12,32H,2,9,11H2,1,3H3,(H,29,30)(H,25,27,28)/b14-12+. The highest BCUT2D eigenvalue weighted by molar-refractivity contribution is 7.15. The molecule has 0 radical (unpaired) electrons. The lowest BCUT2D eigenvalue weighted by atomic mass is 10.1. The first-order valence-corrected chi connectivity index (χ1v) is 11.2. The third kappa shape index (κ3) is 3.90. The molecule has 0 atom stereocenters. The van der Waals surface area contributed by atoms with E-state index in [1.807, 2.05) is 18.2 Å². The van der Waals surface area contributed by atoms with Crippen LogP contribution in [-0.4, -0.2) is 60.6 Å². The molecule has 0 amide bonds. The van der Waals surface area contributed by atoms with Crippen LogP contribution in [0.25, 0.3) is 49.7 Å². The maximum absolute atomic E-state index is 9.52. The summed E-state index contributed by atoms with van der Waals surface area (Å²) in [5, 5.41) is 22.5. The summed E-state index contributed by atoms with van der Waals surface area (Å²) in [6.45, 7) is 5.61. The third-order valence-corrected chi connectivity index (χ3v) is 6.33. The number of aromatic amines is 2. The first-order chi connectivity index (χ1) is 16.1. The number of rotatable bonds is 7. The predicted octanol–water partition coefficient (Wildman–Crippen LogP) is 4.20. The SMILES string of the molecule is C=NN(C)/C=C(\CCO)c1ccc2[nH]nc(-c3nc4c(-c5ccc(C)s5)ccnc4[nH]3)c2n1. The number of nitrogens with zero attached hydrogens (tertiary/aromatic N) is 6. The second-order valence-electron chi connectivity index (χ2n) is 7.56. The zero-order chi connectivity index (χ0) is 22.9. The van der Waals surface area contributed by atoms with Gasteiger partial charge in [-0.1, -0.05) is 0 Å². The molecule has 0 aliphatic heterocycles. The zero-order valence-electron chi connectivity index (χ0n) is 18.2. The number of aliphatic hydroxyl groups is 1. The van der Waals surface area contributed by atoms with Gasteiger partial charge in [-0.25, -0.2) is 15.0 Å². The molecule has 3 N–H and O–H groups in total. The summed E-state index contributed by atoms with van der Waals surface area (Å²) in [4.78, 5) is 19.8. The fourth-order valence-corrected chi connectivity index (χ4v) is 4.58. The summed E-state index contributed by atoms with van der Waals surface area (Å²) in [7, 11) is 1.78. The summed E-state index contributed by atoms with van der Waals surface area (Å²) in [5.41, 5.74) is 6.15. The number of hydrazone groups is 1. The first kappa shape index (κ1) is 21.0. The minimum Gasteiger partial charge on any atom is -0.396 e. The topological polar surface area (TPSA) is 119 Å². The van der Waals surface area contributed by atoms with Gasteiger partial charge >= 0.3 is 0 Å². The highest BCUT2D eigenvalue weighted by Crippen LogP contribution is 2.34. The van der Waals surface area contributed by atoms with Crippen LogP contribution in [-0.2, 0) is 0 Å². The molecule has 0 saturated heterocycles. The van der Waals surface area contributed by atoms with E-state index < -0.39 is 0 Å². The number of hydrogen-bond donors (Lipinski definition) is 3. The molecule has 10 heteroatoms. The smallest absolute Gasteiger partial charge is 0.162 e. The van der Waals surface area contributed by atoms with E-state index in [9.17, 15) is 5.11 Å². The van der Waals surface area contributed by atoms with E-state index >= 15 is 0 Å². The van der Waals surface area contributed by atoms with Crippen LogP contribution in [0.1, 0.15) is 17.0 Å². The van der Waals surface area contributed by atoms with E-state index in [2.05, 4.69) is 51.0 Å². The molecule has 5 heterocycles. The van der Waals surface area contributed by atoms with Gasteiger partial charge in [0.25, 0.3) is 0 Å². The predicted molar refractivity (Wildman–Crippen MR) is 132 cm³/mol. The Morgan fingerprint density at radius 3 is 2.85 bits per heavy atom. The Morgan fingerprint density at radius 1 is 1.21 bits per heavy atom. The molecular weight excluding hydrogens is 436 g/mol. The Hall–Kier alpha value is -3.89. The fraction of sp³-hybridized carbons (Fsp3) is 0.174. The van der Waals surface area contributed by atoms with Gasteiger partial charge in [-0.05, 0) is 49.2 Å². The van der Waals surface area contributed by atoms with Gasteiger partial charge in [0, 0.05) is 48.1 Å². The molecule has 0 aliphatic rings. The van der Waals surface area contributed by atoms with Crippen molar-refractivity contribution < 1.29 is 5.11 Å². The highest BCUT2D eigenvalue weighted by Gasteiger charge is 2.18. The summed E-state index contributed by atoms with van der Waals surface area (Å²) >= 11 is 1.72. The minimum absolute atomic E-state index is 0.00497. The Morgan fingerprint density at radius 2 is 2.09 bits per heavy atom. The number of hydrogen-bond acceptors (Lipinski definition) is 8. The lowest BCUT2D eigenvalue weighted by molar-refractivity contribution is 0.304. The second kappa shape index (κ2) is 8.57. The summed E-state index contributed by atoms with van der Waals surface area (Å²) in [6.07, 6.45) is 4.02. The molecule has 0 spiro atoms. The van der Waals surface area contributed by atoms with Crippen LogP contribution < -0.4 is 0 Å². The number of imidazole rings is 1. The first-order valence-electron chi connectivity index (χ1n) is 10.4. The summed E-state index contributed by atoms with van der Waals surface area (Å²) in [5.74, 6) is 0.590. The Labute approximate surface area is 193 Å². The number of nitrogens with one attached hydrogen (secondary N) is 2. The van der Waals surface area contributed by atoms with Crippen molar-refractivity contribution in [2.75, 3.05) is 13.7 Å². The molecule has 166 valence electrons. The van der Waals surface area contributed by atoms with Gasteiger partial charge in [0.2, 0.25) is 0 Å². The van der Waals surface area contributed by atoms with Gasteiger partial charge in [-0.15, -0.1) is 11.3 Å². The van der Waals surface area contributed by atoms with Crippen molar-refractivity contribution in [3.63, 3.8) is 0 Å². The molecule has 0 fully saturated rings. The van der Waals surface area contributed by atoms with Crippen molar-refractivity contribution in [1.82, 2.24) is 35.1 Å². The Kier molecular flexibility index (Phi) is 5.45. The number of aliphatic hydroxyl groups excluding tert-OH is 1. The van der Waals surface area contributed by atoms with Gasteiger partial charge in [0.15, 0.2) is 17.2 Å². The number of H-pyrrole nitrogens is 2. The van der Waals surface area contributed by atoms with E-state index in [0.29, 0.717) is 29.1 Å². The maximum atomic E-state index is 9.52. The van der Waals surface area contributed by atoms with Crippen molar-refractivity contribution >= 4 is 45.8 Å². The van der Waals surface area contributed by atoms with Crippen LogP contribution in [0.5, 0.6) is 0 Å². The van der Waals surface area contributed by atoms with Gasteiger partial charge in [-0.2, -0.15) is 10.2 Å². The van der Waals surface area contributed by atoms with Crippen molar-refractivity contribution in [2.24, 2.45) is 5.10 Å². The Balaban J connectivity index is 1.62. The summed E-state index contributed by atoms with van der Waals surface area (Å²) in [6, 6.07) is 9.99. The van der Waals surface area contributed by atoms with Gasteiger partial charge < -0.3 is 10.1 Å². The van der Waals surface area contributed by atoms with Crippen molar-refractivity contribution in [2.45, 2.75) is 13.3 Å². The van der Waals surface area contributed by atoms with Crippen molar-refractivity contribution in [3.8, 4) is 22.0 Å². The monoisotopic (exact) mass is 458 g/mol. The maximum Gasteiger partial charge on any atom is 0.162 e. The summed E-state index contributed by atoms with van der Waals surface area (Å²) < 4.78 is 0. The molecule has 5 rings (SSSR count). The van der Waals surface area contributed by atoms with Crippen LogP contribution in [0.15, 0.2) is 47.8 Å². The molecule has 0 bridgehead atoms. The molecular formula is C23H22N8OS. The van der Waals surface area contributed by atoms with Crippen LogP contribution in [0, 0.1) is 6.92 Å². The van der Waals surface area contributed by atoms with Crippen LogP contribution in [0.4, 0.5) is 0 Å². The molecule has 0 aliphatic carbocycles. The van der Waals surface area contributed by atoms with E-state index in [1.165, 1.54) is 4.88 Å². The molecule has 0 unspecified atom stereocenters. The normalized spacial score (nSPS) is 12.0. The average Bonchev–Trinajstić information content (AvgIpc) is 3.55. The number of thiophene rings is 1. The van der Waals surface area contributed by atoms with E-state index in [4.69, 9.17) is 9.97 Å². The minimum atomic E-state index is -0.00497. The number of pyridine rings is 2. The largest absolute Gasteiger partial charge is 0.396 e. The number of aryl methyl sites for hydroxylation is 1. The average molecular weight is 459 g/mol. The Bertz CT molecular complexity index is 1490. The molecule has 5 aromatic rings. The van der Waals surface area contributed by atoms with Gasteiger partial charge in [0.1, 0.15) is 11.0 Å². The molecule has 0 aromatic carbocycles. The van der Waals surface area contributed by atoms with Crippen molar-refractivity contribution in [1.29, 1.82) is 0 Å². The molecule has 5 aromatic heterocycles. The van der Waals surface area contributed by atoms with Crippen LogP contribution in [0.3, 0.4) is 0 Å². The highest BCUT2D eigenvalue weighted by atomic mass is 32.1. The van der Waals surface area contributed by atoms with Gasteiger partial charge in [0.05, 0.1) is 11.2 Å². The lowest BCUT2D eigenvalue weighted by Gasteiger charge is -2.11. The second-order valence-corrected chi connectivity index (χ2v) is 8.85. The van der Waals surface area contributed by atoms with E-state index in [-0.39, 0.29) is 6.61 Å². The number of aromatic nitrogens is 6. The third-order valence-electron chi connectivity index (χ3n) is 5.30. The zero-order valence-corrected chi connectivity index (χ0v) is 19.0. The fourth-order valence-electron chi connectivity index (χ4n) is 3.69. The van der Waals surface area contributed by atoms with E-state index in [1.54, 1.807) is 35.8 Å². The lowest BCUT2D eigenvalue weighted by Crippen LogP contribution is -2.03. The quantitative estimate of drug-likeness (QED) is 0.248. The van der Waals surface area contributed by atoms with Crippen LogP contribution >= 0.6 is 11.3 Å². The molecule has 0 saturated carbocycles. The van der Waals surface area contributed by atoms with Crippen LogP contribution in [0.2, 0.25) is 0 Å². The molecule has 33 heavy (non-hydrogen) atoms. The van der Waals surface area contributed by atoms with Crippen molar-refractivity contribution in [3.05, 3.63) is 53.3 Å². The number of fused-ring (bicyclic) bond motifs is 2. The van der Waals surface area contributed by atoms with E-state index in [0.717, 1.165) is 32.7 Å². The molecule has 9 nitrogen and oxygen atoms in total.